The minimum atomic E-state index is -4.47. The van der Waals surface area contributed by atoms with Gasteiger partial charge in [0.15, 0.2) is 5.78 Å². The predicted octanol–water partition coefficient (Wildman–Crippen LogP) is 3.30. The van der Waals surface area contributed by atoms with Gasteiger partial charge in [-0.25, -0.2) is 8.42 Å². The second-order valence-corrected chi connectivity index (χ2v) is 12.2. The standard InChI is InChI=1S/C29H30N4O5S/c1-19(2)15-23(20-7-5-8-21(16-20)24-10-3-4-13-31-24)28(35)32-14-11-25-27(32)26(34)18-33(25)39(37,38)29(36)22-9-6-12-30-17-22/h3-10,12-13,16-17,19,23,25,27H,11,14-15,18H2,1-2H3. The van der Waals surface area contributed by atoms with Gasteiger partial charge in [-0.05, 0) is 54.7 Å². The maximum absolute atomic E-state index is 14.0. The van der Waals surface area contributed by atoms with Crippen molar-refractivity contribution in [1.82, 2.24) is 19.2 Å². The lowest BCUT2D eigenvalue weighted by molar-refractivity contribution is -0.138. The highest BCUT2D eigenvalue weighted by Gasteiger charge is 2.55. The third-order valence-corrected chi connectivity index (χ3v) is 9.08. The molecule has 0 saturated carbocycles. The fourth-order valence-corrected chi connectivity index (χ4v) is 7.09. The van der Waals surface area contributed by atoms with Gasteiger partial charge in [0.05, 0.1) is 29.8 Å². The van der Waals surface area contributed by atoms with Gasteiger partial charge in [0, 0.05) is 30.7 Å². The number of benzene rings is 1. The van der Waals surface area contributed by atoms with Crippen LogP contribution < -0.4 is 0 Å². The molecule has 9 nitrogen and oxygen atoms in total. The summed E-state index contributed by atoms with van der Waals surface area (Å²) < 4.78 is 27.5. The van der Waals surface area contributed by atoms with Crippen LogP contribution in [0.15, 0.2) is 73.2 Å². The number of pyridine rings is 2. The molecular weight excluding hydrogens is 516 g/mol. The van der Waals surface area contributed by atoms with E-state index in [2.05, 4.69) is 9.97 Å². The number of sulfonamides is 1. The summed E-state index contributed by atoms with van der Waals surface area (Å²) in [7, 11) is -4.47. The molecule has 0 bridgehead atoms. The number of fused-ring (bicyclic) bond motifs is 1. The topological polar surface area (TPSA) is 118 Å². The number of Topliss-reactive ketones (excluding diaryl/α,β-unsaturated/α-hetero) is 1. The Morgan fingerprint density at radius 3 is 2.56 bits per heavy atom. The summed E-state index contributed by atoms with van der Waals surface area (Å²) in [6.45, 7) is 3.88. The highest BCUT2D eigenvalue weighted by atomic mass is 32.2. The van der Waals surface area contributed by atoms with Gasteiger partial charge in [-0.1, -0.05) is 38.1 Å². The normalized spacial score (nSPS) is 20.3. The van der Waals surface area contributed by atoms with Gasteiger partial charge >= 0.3 is 0 Å². The van der Waals surface area contributed by atoms with Crippen LogP contribution in [-0.2, 0) is 19.6 Å². The van der Waals surface area contributed by atoms with Crippen molar-refractivity contribution >= 4 is 26.8 Å². The number of rotatable bonds is 7. The van der Waals surface area contributed by atoms with Gasteiger partial charge in [-0.15, -0.1) is 0 Å². The van der Waals surface area contributed by atoms with Crippen molar-refractivity contribution in [2.75, 3.05) is 13.1 Å². The molecule has 39 heavy (non-hydrogen) atoms. The Balaban J connectivity index is 1.42. The van der Waals surface area contributed by atoms with Gasteiger partial charge in [-0.2, -0.15) is 4.31 Å². The van der Waals surface area contributed by atoms with Crippen LogP contribution in [0.5, 0.6) is 0 Å². The van der Waals surface area contributed by atoms with Crippen LogP contribution in [0.3, 0.4) is 0 Å². The zero-order chi connectivity index (χ0) is 27.7. The number of hydrogen-bond donors (Lipinski definition) is 0. The van der Waals surface area contributed by atoms with Crippen molar-refractivity contribution in [3.63, 3.8) is 0 Å². The Hall–Kier alpha value is -3.76. The minimum absolute atomic E-state index is 0.0656. The lowest BCUT2D eigenvalue weighted by atomic mass is 9.87. The van der Waals surface area contributed by atoms with E-state index in [-0.39, 0.29) is 36.1 Å². The maximum atomic E-state index is 14.0. The average molecular weight is 547 g/mol. The summed E-state index contributed by atoms with van der Waals surface area (Å²) in [5.41, 5.74) is 2.43. The number of likely N-dealkylation sites (tertiary alicyclic amines) is 1. The number of ketones is 1. The van der Waals surface area contributed by atoms with Gasteiger partial charge in [0.1, 0.15) is 6.04 Å². The molecule has 0 spiro atoms. The van der Waals surface area contributed by atoms with Crippen LogP contribution in [0, 0.1) is 5.92 Å². The molecule has 1 amide bonds. The fourth-order valence-electron chi connectivity index (χ4n) is 5.58. The molecule has 2 aliphatic rings. The molecule has 4 heterocycles. The molecular formula is C29H30N4O5S. The molecule has 2 aromatic heterocycles. The SMILES string of the molecule is CC(C)CC(C(=O)N1CCC2C1C(=O)CN2S(=O)(=O)C(=O)c1cccnc1)c1cccc(-c2ccccn2)c1. The van der Waals surface area contributed by atoms with E-state index in [0.717, 1.165) is 21.1 Å². The summed E-state index contributed by atoms with van der Waals surface area (Å²) >= 11 is 0. The van der Waals surface area contributed by atoms with Gasteiger partial charge in [0.2, 0.25) is 5.91 Å². The quantitative estimate of drug-likeness (QED) is 0.446. The fraction of sp³-hybridized carbons (Fsp3) is 0.345. The number of carbonyl (C=O) groups excluding carboxylic acids is 3. The first-order valence-electron chi connectivity index (χ1n) is 13.0. The number of nitrogens with zero attached hydrogens (tertiary/aromatic N) is 4. The summed E-state index contributed by atoms with van der Waals surface area (Å²) in [5, 5.41) is -1.10. The van der Waals surface area contributed by atoms with Crippen molar-refractivity contribution in [3.8, 4) is 11.3 Å². The Labute approximate surface area is 227 Å². The van der Waals surface area contributed by atoms with Crippen molar-refractivity contribution in [1.29, 1.82) is 0 Å². The van der Waals surface area contributed by atoms with Crippen molar-refractivity contribution in [2.24, 2.45) is 5.92 Å². The second kappa shape index (κ2) is 10.8. The van der Waals surface area contributed by atoms with Crippen LogP contribution in [0.25, 0.3) is 11.3 Å². The van der Waals surface area contributed by atoms with E-state index in [9.17, 15) is 22.8 Å². The van der Waals surface area contributed by atoms with Gasteiger partial charge in [-0.3, -0.25) is 24.4 Å². The lowest BCUT2D eigenvalue weighted by Gasteiger charge is -2.29. The molecule has 5 rings (SSSR count). The van der Waals surface area contributed by atoms with E-state index in [4.69, 9.17) is 0 Å². The van der Waals surface area contributed by atoms with Crippen LogP contribution in [0.1, 0.15) is 48.5 Å². The lowest BCUT2D eigenvalue weighted by Crippen LogP contribution is -2.46. The molecule has 10 heteroatoms. The molecule has 3 atom stereocenters. The van der Waals surface area contributed by atoms with E-state index in [0.29, 0.717) is 6.42 Å². The first-order valence-corrected chi connectivity index (χ1v) is 14.4. The van der Waals surface area contributed by atoms with Gasteiger partial charge in [0.25, 0.3) is 15.1 Å². The Bertz CT molecular complexity index is 1490. The molecule has 1 aromatic carbocycles. The van der Waals surface area contributed by atoms with E-state index in [1.807, 2.05) is 56.3 Å². The van der Waals surface area contributed by atoms with Crippen LogP contribution in [-0.4, -0.2) is 69.6 Å². The average Bonchev–Trinajstić information content (AvgIpc) is 3.53. The molecule has 3 aromatic rings. The highest BCUT2D eigenvalue weighted by molar-refractivity contribution is 8.04. The third-order valence-electron chi connectivity index (χ3n) is 7.36. The van der Waals surface area contributed by atoms with Crippen LogP contribution in [0.4, 0.5) is 0 Å². The summed E-state index contributed by atoms with van der Waals surface area (Å²) in [6, 6.07) is 14.5. The summed E-state index contributed by atoms with van der Waals surface area (Å²) in [5.74, 6) is -0.897. The first kappa shape index (κ1) is 26.8. The number of aromatic nitrogens is 2. The molecule has 202 valence electrons. The number of hydrogen-bond acceptors (Lipinski definition) is 7. The van der Waals surface area contributed by atoms with Crippen LogP contribution >= 0.6 is 0 Å². The van der Waals surface area contributed by atoms with Crippen molar-refractivity contribution < 1.29 is 22.8 Å². The van der Waals surface area contributed by atoms with E-state index >= 15 is 0 Å². The smallest absolute Gasteiger partial charge is 0.293 e. The Kier molecular flexibility index (Phi) is 7.42. The number of carbonyl (C=O) groups is 3. The zero-order valence-corrected chi connectivity index (χ0v) is 22.6. The Morgan fingerprint density at radius 1 is 1.05 bits per heavy atom. The first-order chi connectivity index (χ1) is 18.7. The summed E-state index contributed by atoms with van der Waals surface area (Å²) in [4.78, 5) is 49.9. The Morgan fingerprint density at radius 2 is 1.87 bits per heavy atom. The summed E-state index contributed by atoms with van der Waals surface area (Å²) in [6.07, 6.45) is 5.19. The second-order valence-electron chi connectivity index (χ2n) is 10.4. The predicted molar refractivity (Wildman–Crippen MR) is 145 cm³/mol. The van der Waals surface area contributed by atoms with E-state index in [1.54, 1.807) is 6.20 Å². The number of amides is 1. The molecule has 2 aliphatic heterocycles. The molecule has 2 saturated heterocycles. The molecule has 0 N–H and O–H groups in total. The monoisotopic (exact) mass is 546 g/mol. The van der Waals surface area contributed by atoms with Crippen molar-refractivity contribution in [3.05, 3.63) is 84.3 Å². The largest absolute Gasteiger partial charge is 0.330 e. The molecule has 2 fully saturated rings. The van der Waals surface area contributed by atoms with Gasteiger partial charge < -0.3 is 4.90 Å². The molecule has 0 aliphatic carbocycles. The zero-order valence-electron chi connectivity index (χ0n) is 21.8. The van der Waals surface area contributed by atoms with Crippen LogP contribution in [0.2, 0.25) is 0 Å². The van der Waals surface area contributed by atoms with E-state index in [1.165, 1.54) is 29.4 Å². The van der Waals surface area contributed by atoms with E-state index < -0.39 is 39.7 Å². The molecule has 3 unspecified atom stereocenters. The minimum Gasteiger partial charge on any atom is -0.330 e. The highest BCUT2D eigenvalue weighted by Crippen LogP contribution is 2.37. The maximum Gasteiger partial charge on any atom is 0.293 e. The molecule has 0 radical (unpaired) electrons. The third kappa shape index (κ3) is 5.14. The van der Waals surface area contributed by atoms with Crippen molar-refractivity contribution in [2.45, 2.75) is 44.7 Å².